The van der Waals surface area contributed by atoms with Crippen molar-refractivity contribution >= 4 is 11.7 Å². The van der Waals surface area contributed by atoms with Crippen LogP contribution >= 0.6 is 0 Å². The molecule has 0 atom stereocenters. The maximum Gasteiger partial charge on any atom is 0.454 e. The molecule has 0 radical (unpaired) electrons. The molecule has 3 nitrogen and oxygen atoms in total. The summed E-state index contributed by atoms with van der Waals surface area (Å²) in [6.07, 6.45) is -3.31. The number of hydrogen-bond acceptors (Lipinski definition) is 2. The topological polar surface area (TPSA) is 37.4 Å². The fraction of sp³-hybridized carbons (Fsp3) is 0.600. The molecule has 1 heterocycles. The lowest BCUT2D eigenvalue weighted by atomic mass is 10.2. The summed E-state index contributed by atoms with van der Waals surface area (Å²) in [5.74, 6) is -2.12. The number of hydrogen-bond donors (Lipinski definition) is 0. The average Bonchev–Trinajstić information content (AvgIpc) is 2.49. The molecule has 0 aromatic rings. The number of allylic oxidation sites excluding steroid dienone is 2. The van der Waals surface area contributed by atoms with Crippen LogP contribution < -0.4 is 0 Å². The van der Waals surface area contributed by atoms with Gasteiger partial charge in [-0.3, -0.25) is 9.59 Å². The molecule has 1 aliphatic rings. The molecule has 0 aromatic carbocycles. The standard InChI is InChI=1S/C10H12F3NO2/c1-2-5-14-7(3-4-9(14)16)6-8(15)10(11,12)13/h6H,2-5H2,1H3/b7-6-. The normalized spacial score (nSPS) is 19.6. The molecule has 1 fully saturated rings. The quantitative estimate of drug-likeness (QED) is 0.702. The molecular formula is C10H12F3NO2. The van der Waals surface area contributed by atoms with Gasteiger partial charge >= 0.3 is 6.18 Å². The molecule has 0 saturated carbocycles. The summed E-state index contributed by atoms with van der Waals surface area (Å²) in [4.78, 5) is 23.3. The van der Waals surface area contributed by atoms with Gasteiger partial charge in [-0.05, 0) is 12.8 Å². The zero-order valence-corrected chi connectivity index (χ0v) is 8.80. The molecule has 6 heteroatoms. The Morgan fingerprint density at radius 1 is 1.44 bits per heavy atom. The van der Waals surface area contributed by atoms with Crippen molar-refractivity contribution in [1.82, 2.24) is 4.90 Å². The van der Waals surface area contributed by atoms with Gasteiger partial charge in [0.25, 0.3) is 5.78 Å². The highest BCUT2D eigenvalue weighted by atomic mass is 19.4. The van der Waals surface area contributed by atoms with Gasteiger partial charge in [0, 0.05) is 24.7 Å². The van der Waals surface area contributed by atoms with E-state index in [4.69, 9.17) is 0 Å². The number of carbonyl (C=O) groups is 2. The van der Waals surface area contributed by atoms with E-state index in [1.54, 1.807) is 0 Å². The Morgan fingerprint density at radius 2 is 2.06 bits per heavy atom. The Bertz CT molecular complexity index is 333. The summed E-state index contributed by atoms with van der Waals surface area (Å²) < 4.78 is 36.0. The van der Waals surface area contributed by atoms with E-state index >= 15 is 0 Å². The maximum atomic E-state index is 12.0. The monoisotopic (exact) mass is 235 g/mol. The molecule has 0 N–H and O–H groups in total. The summed E-state index contributed by atoms with van der Waals surface area (Å²) in [5, 5.41) is 0. The van der Waals surface area contributed by atoms with Crippen LogP contribution in [0, 0.1) is 0 Å². The maximum absolute atomic E-state index is 12.0. The van der Waals surface area contributed by atoms with E-state index in [0.717, 1.165) is 0 Å². The highest BCUT2D eigenvalue weighted by Gasteiger charge is 2.38. The van der Waals surface area contributed by atoms with Crippen LogP contribution in [0.1, 0.15) is 26.2 Å². The third kappa shape index (κ3) is 2.84. The van der Waals surface area contributed by atoms with Crippen molar-refractivity contribution in [2.75, 3.05) is 6.54 Å². The van der Waals surface area contributed by atoms with E-state index in [0.29, 0.717) is 19.0 Å². The van der Waals surface area contributed by atoms with Crippen LogP contribution in [0.3, 0.4) is 0 Å². The van der Waals surface area contributed by atoms with Crippen molar-refractivity contribution in [3.8, 4) is 0 Å². The van der Waals surface area contributed by atoms with Gasteiger partial charge in [0.05, 0.1) is 0 Å². The molecule has 0 aromatic heterocycles. The minimum Gasteiger partial charge on any atom is -0.316 e. The van der Waals surface area contributed by atoms with Crippen molar-refractivity contribution < 1.29 is 22.8 Å². The Labute approximate surface area is 90.9 Å². The zero-order chi connectivity index (χ0) is 12.3. The fourth-order valence-corrected chi connectivity index (χ4v) is 1.54. The lowest BCUT2D eigenvalue weighted by Crippen LogP contribution is -2.26. The van der Waals surface area contributed by atoms with Crippen LogP contribution in [0.5, 0.6) is 0 Å². The predicted octanol–water partition coefficient (Wildman–Crippen LogP) is 2.03. The summed E-state index contributed by atoms with van der Waals surface area (Å²) >= 11 is 0. The van der Waals surface area contributed by atoms with Crippen molar-refractivity contribution in [2.24, 2.45) is 0 Å². The van der Waals surface area contributed by atoms with Gasteiger partial charge in [0.2, 0.25) is 5.91 Å². The zero-order valence-electron chi connectivity index (χ0n) is 8.80. The molecule has 1 amide bonds. The van der Waals surface area contributed by atoms with Crippen LogP contribution in [0.2, 0.25) is 0 Å². The van der Waals surface area contributed by atoms with Crippen LogP contribution in [0.25, 0.3) is 0 Å². The van der Waals surface area contributed by atoms with E-state index in [1.807, 2.05) is 6.92 Å². The largest absolute Gasteiger partial charge is 0.454 e. The van der Waals surface area contributed by atoms with E-state index in [1.165, 1.54) is 4.90 Å². The average molecular weight is 235 g/mol. The van der Waals surface area contributed by atoms with E-state index in [2.05, 4.69) is 0 Å². The van der Waals surface area contributed by atoms with Crippen LogP contribution in [0.15, 0.2) is 11.8 Å². The first-order valence-electron chi connectivity index (χ1n) is 4.98. The molecule has 1 aliphatic heterocycles. The number of alkyl halides is 3. The number of nitrogens with zero attached hydrogens (tertiary/aromatic N) is 1. The second kappa shape index (κ2) is 4.67. The Morgan fingerprint density at radius 3 is 2.56 bits per heavy atom. The molecule has 1 rings (SSSR count). The minimum absolute atomic E-state index is 0.175. The fourth-order valence-electron chi connectivity index (χ4n) is 1.54. The molecule has 0 aliphatic carbocycles. The lowest BCUT2D eigenvalue weighted by molar-refractivity contribution is -0.165. The minimum atomic E-state index is -4.86. The van der Waals surface area contributed by atoms with E-state index in [-0.39, 0.29) is 24.4 Å². The summed E-state index contributed by atoms with van der Waals surface area (Å²) in [6, 6.07) is 0. The summed E-state index contributed by atoms with van der Waals surface area (Å²) in [6.45, 7) is 2.17. The molecule has 0 bridgehead atoms. The number of likely N-dealkylation sites (tertiary alicyclic amines) is 1. The molecule has 1 saturated heterocycles. The highest BCUT2D eigenvalue weighted by molar-refractivity contribution is 5.96. The Kier molecular flexibility index (Phi) is 3.72. The van der Waals surface area contributed by atoms with Gasteiger partial charge in [0.1, 0.15) is 0 Å². The molecule has 0 unspecified atom stereocenters. The van der Waals surface area contributed by atoms with Crippen molar-refractivity contribution in [3.63, 3.8) is 0 Å². The van der Waals surface area contributed by atoms with Gasteiger partial charge in [-0.1, -0.05) is 6.92 Å². The number of halogens is 3. The first-order valence-corrected chi connectivity index (χ1v) is 4.98. The smallest absolute Gasteiger partial charge is 0.316 e. The second-order valence-corrected chi connectivity index (χ2v) is 3.54. The SMILES string of the molecule is CCCN1C(=O)CC/C1=C/C(=O)C(F)(F)F. The Hall–Kier alpha value is -1.33. The highest BCUT2D eigenvalue weighted by Crippen LogP contribution is 2.25. The van der Waals surface area contributed by atoms with Crippen LogP contribution in [0.4, 0.5) is 13.2 Å². The van der Waals surface area contributed by atoms with Crippen molar-refractivity contribution in [3.05, 3.63) is 11.8 Å². The third-order valence-corrected chi connectivity index (χ3v) is 2.27. The van der Waals surface area contributed by atoms with Gasteiger partial charge in [-0.25, -0.2) is 0 Å². The van der Waals surface area contributed by atoms with Crippen LogP contribution in [-0.2, 0) is 9.59 Å². The Balaban J connectivity index is 2.83. The van der Waals surface area contributed by atoms with Gasteiger partial charge in [-0.2, -0.15) is 13.2 Å². The van der Waals surface area contributed by atoms with E-state index in [9.17, 15) is 22.8 Å². The molecule has 0 spiro atoms. The van der Waals surface area contributed by atoms with Gasteiger partial charge < -0.3 is 4.90 Å². The number of amides is 1. The molecular weight excluding hydrogens is 223 g/mol. The first kappa shape index (κ1) is 12.7. The molecule has 16 heavy (non-hydrogen) atoms. The molecule has 90 valence electrons. The van der Waals surface area contributed by atoms with Gasteiger partial charge in [0.15, 0.2) is 0 Å². The van der Waals surface area contributed by atoms with Crippen molar-refractivity contribution in [1.29, 1.82) is 0 Å². The van der Waals surface area contributed by atoms with E-state index < -0.39 is 12.0 Å². The number of ketones is 1. The van der Waals surface area contributed by atoms with Crippen molar-refractivity contribution in [2.45, 2.75) is 32.4 Å². The number of carbonyl (C=O) groups excluding carboxylic acids is 2. The third-order valence-electron chi connectivity index (χ3n) is 2.27. The van der Waals surface area contributed by atoms with Crippen LogP contribution in [-0.4, -0.2) is 29.3 Å². The summed E-state index contributed by atoms with van der Waals surface area (Å²) in [7, 11) is 0. The predicted molar refractivity (Wildman–Crippen MR) is 50.4 cm³/mol. The van der Waals surface area contributed by atoms with Gasteiger partial charge in [-0.15, -0.1) is 0 Å². The number of rotatable bonds is 3. The first-order chi connectivity index (χ1) is 7.36. The lowest BCUT2D eigenvalue weighted by Gasteiger charge is -2.16. The summed E-state index contributed by atoms with van der Waals surface area (Å²) in [5.41, 5.74) is 0.175. The second-order valence-electron chi connectivity index (χ2n) is 3.54.